The van der Waals surface area contributed by atoms with Crippen molar-refractivity contribution in [2.75, 3.05) is 7.11 Å². The number of methoxy groups -OCH3 is 1. The fraction of sp³-hybridized carbons (Fsp3) is 0.100. The molecule has 0 unspecified atom stereocenters. The van der Waals surface area contributed by atoms with Gasteiger partial charge in [-0.3, -0.25) is 0 Å². The molecule has 3 rings (SSSR count). The molecule has 0 fully saturated rings. The van der Waals surface area contributed by atoms with Gasteiger partial charge >= 0.3 is 155 Å². The first-order valence-electron chi connectivity index (χ1n) is 7.73. The first kappa shape index (κ1) is 17.7. The second-order valence-corrected chi connectivity index (χ2v) is 9.80. The Hall–Kier alpha value is -2.07. The van der Waals surface area contributed by atoms with Gasteiger partial charge in [0.05, 0.1) is 0 Å². The normalized spacial score (nSPS) is 11.3. The second-order valence-electron chi connectivity index (χ2n) is 5.54. The molecule has 0 aliphatic rings. The van der Waals surface area contributed by atoms with Crippen LogP contribution in [0, 0.1) is 6.92 Å². The molecule has 0 amide bonds. The number of aryl methyl sites for hydroxylation is 1. The van der Waals surface area contributed by atoms with Crippen LogP contribution in [0.4, 0.5) is 0 Å². The molecule has 0 aromatic heterocycles. The Morgan fingerprint density at radius 1 is 0.880 bits per heavy atom. The molecule has 0 saturated heterocycles. The Labute approximate surface area is 154 Å². The van der Waals surface area contributed by atoms with Crippen molar-refractivity contribution in [3.63, 3.8) is 0 Å². The molecule has 0 radical (unpaired) electrons. The molecule has 25 heavy (non-hydrogen) atoms. The van der Waals surface area contributed by atoms with E-state index in [9.17, 15) is 8.42 Å². The van der Waals surface area contributed by atoms with E-state index in [4.69, 9.17) is 4.74 Å². The molecule has 0 spiro atoms. The Balaban J connectivity index is 2.11. The maximum absolute atomic E-state index is 13.2. The number of sulfone groups is 1. The van der Waals surface area contributed by atoms with E-state index in [-0.39, 0.29) is 15.0 Å². The molecule has 0 saturated carbocycles. The Kier molecular flexibility index (Phi) is 5.28. The van der Waals surface area contributed by atoms with E-state index in [0.717, 1.165) is 14.5 Å². The maximum atomic E-state index is 13.2. The van der Waals surface area contributed by atoms with Crippen molar-refractivity contribution >= 4 is 33.7 Å². The van der Waals surface area contributed by atoms with Crippen molar-refractivity contribution in [2.24, 2.45) is 0 Å². The van der Waals surface area contributed by atoms with E-state index in [1.165, 1.54) is 0 Å². The van der Waals surface area contributed by atoms with Gasteiger partial charge in [-0.05, 0) is 0 Å². The van der Waals surface area contributed by atoms with Crippen molar-refractivity contribution in [2.45, 2.75) is 16.7 Å². The summed E-state index contributed by atoms with van der Waals surface area (Å²) in [5, 5.41) is 0. The molecule has 0 aliphatic heterocycles. The van der Waals surface area contributed by atoms with Gasteiger partial charge in [0.2, 0.25) is 0 Å². The first-order chi connectivity index (χ1) is 12.0. The SMILES string of the molecule is COc1ccc([Se]c2ccccc2)c(S(=O)(=O)c2ccc(C)cc2)c1. The Morgan fingerprint density at radius 2 is 1.56 bits per heavy atom. The van der Waals surface area contributed by atoms with Crippen LogP contribution in [0.5, 0.6) is 5.75 Å². The van der Waals surface area contributed by atoms with E-state index in [2.05, 4.69) is 0 Å². The topological polar surface area (TPSA) is 43.4 Å². The summed E-state index contributed by atoms with van der Waals surface area (Å²) in [7, 11) is -2.06. The standard InChI is InChI=1S/C20H18O3SSe/c1-15-8-11-17(12-9-15)24(21,22)19-14-16(23-2)10-13-20(19)25-18-6-4-3-5-7-18/h3-14H,1-2H3. The third-order valence-corrected chi connectivity index (χ3v) is 8.12. The number of rotatable bonds is 5. The summed E-state index contributed by atoms with van der Waals surface area (Å²) in [6.07, 6.45) is 0. The van der Waals surface area contributed by atoms with E-state index in [0.29, 0.717) is 15.5 Å². The predicted octanol–water partition coefficient (Wildman–Crippen LogP) is 2.49. The van der Waals surface area contributed by atoms with Crippen LogP contribution < -0.4 is 13.7 Å². The van der Waals surface area contributed by atoms with Crippen LogP contribution in [-0.2, 0) is 9.84 Å². The summed E-state index contributed by atoms with van der Waals surface area (Å²) in [4.78, 5) is 0.621. The van der Waals surface area contributed by atoms with E-state index in [1.54, 1.807) is 25.3 Å². The fourth-order valence-corrected chi connectivity index (χ4v) is 6.40. The number of ether oxygens (including phenoxy) is 1. The van der Waals surface area contributed by atoms with Gasteiger partial charge in [-0.1, -0.05) is 0 Å². The van der Waals surface area contributed by atoms with Gasteiger partial charge in [0, 0.05) is 0 Å². The number of hydrogen-bond acceptors (Lipinski definition) is 3. The van der Waals surface area contributed by atoms with Crippen molar-refractivity contribution in [3.8, 4) is 5.75 Å². The van der Waals surface area contributed by atoms with Gasteiger partial charge in [0.25, 0.3) is 0 Å². The molecule has 3 nitrogen and oxygen atoms in total. The average molecular weight is 417 g/mol. The predicted molar refractivity (Wildman–Crippen MR) is 101 cm³/mol. The fourth-order valence-electron chi connectivity index (χ4n) is 2.37. The zero-order valence-corrected chi connectivity index (χ0v) is 16.5. The molecule has 3 aromatic carbocycles. The summed E-state index contributed by atoms with van der Waals surface area (Å²) in [6.45, 7) is 1.94. The third kappa shape index (κ3) is 3.95. The van der Waals surface area contributed by atoms with Crippen LogP contribution in [0.25, 0.3) is 0 Å². The molecule has 0 atom stereocenters. The summed E-state index contributed by atoms with van der Waals surface area (Å²) in [5.41, 5.74) is 1.03. The second kappa shape index (κ2) is 7.44. The molecule has 0 heterocycles. The van der Waals surface area contributed by atoms with Crippen LogP contribution in [0.15, 0.2) is 82.6 Å². The van der Waals surface area contributed by atoms with E-state index >= 15 is 0 Å². The van der Waals surface area contributed by atoms with Gasteiger partial charge in [0.1, 0.15) is 0 Å². The molecular weight excluding hydrogens is 399 g/mol. The molecule has 5 heteroatoms. The minimum absolute atomic E-state index is 0.110. The van der Waals surface area contributed by atoms with Crippen LogP contribution in [0.1, 0.15) is 5.56 Å². The molecule has 3 aromatic rings. The van der Waals surface area contributed by atoms with Gasteiger partial charge in [-0.15, -0.1) is 0 Å². The van der Waals surface area contributed by atoms with Crippen LogP contribution in [-0.4, -0.2) is 30.5 Å². The van der Waals surface area contributed by atoms with Crippen molar-refractivity contribution in [1.82, 2.24) is 0 Å². The Morgan fingerprint density at radius 3 is 2.20 bits per heavy atom. The number of benzene rings is 3. The van der Waals surface area contributed by atoms with Crippen LogP contribution in [0.2, 0.25) is 0 Å². The van der Waals surface area contributed by atoms with Gasteiger partial charge in [-0.25, -0.2) is 0 Å². The van der Waals surface area contributed by atoms with Crippen molar-refractivity contribution < 1.29 is 13.2 Å². The molecule has 0 aliphatic carbocycles. The van der Waals surface area contributed by atoms with E-state index < -0.39 is 9.84 Å². The minimum atomic E-state index is -3.60. The quantitative estimate of drug-likeness (QED) is 0.600. The summed E-state index contributed by atoms with van der Waals surface area (Å²) in [6, 6.07) is 22.2. The molecule has 0 bridgehead atoms. The molecule has 0 N–H and O–H groups in total. The third-order valence-electron chi connectivity index (χ3n) is 3.74. The molecule has 128 valence electrons. The zero-order chi connectivity index (χ0) is 17.9. The van der Waals surface area contributed by atoms with E-state index in [1.807, 2.05) is 61.5 Å². The first-order valence-corrected chi connectivity index (χ1v) is 10.9. The van der Waals surface area contributed by atoms with Gasteiger partial charge < -0.3 is 0 Å². The van der Waals surface area contributed by atoms with Gasteiger partial charge in [0.15, 0.2) is 0 Å². The van der Waals surface area contributed by atoms with Crippen LogP contribution in [0.3, 0.4) is 0 Å². The average Bonchev–Trinajstić information content (AvgIpc) is 2.63. The van der Waals surface area contributed by atoms with Crippen molar-refractivity contribution in [3.05, 3.63) is 78.4 Å². The monoisotopic (exact) mass is 418 g/mol. The summed E-state index contributed by atoms with van der Waals surface area (Å²) >= 11 is -0.110. The van der Waals surface area contributed by atoms with Crippen molar-refractivity contribution in [1.29, 1.82) is 0 Å². The summed E-state index contributed by atoms with van der Waals surface area (Å²) in [5.74, 6) is 0.540. The summed E-state index contributed by atoms with van der Waals surface area (Å²) < 4.78 is 33.6. The number of hydrogen-bond donors (Lipinski definition) is 0. The van der Waals surface area contributed by atoms with Crippen LogP contribution >= 0.6 is 0 Å². The molecular formula is C20H18O3SSe. The zero-order valence-electron chi connectivity index (χ0n) is 14.0. The van der Waals surface area contributed by atoms with Gasteiger partial charge in [-0.2, -0.15) is 0 Å². The Bertz CT molecular complexity index is 966.